The number of aromatic nitrogens is 1. The van der Waals surface area contributed by atoms with Gasteiger partial charge in [-0.25, -0.2) is 0 Å². The number of pyridine rings is 1. The molecule has 2 aromatic carbocycles. The van der Waals surface area contributed by atoms with Crippen molar-refractivity contribution in [3.8, 4) is 22.3 Å². The van der Waals surface area contributed by atoms with Crippen molar-refractivity contribution < 1.29 is 0 Å². The van der Waals surface area contributed by atoms with Crippen molar-refractivity contribution >= 4 is 0 Å². The first kappa shape index (κ1) is 14.5. The lowest BCUT2D eigenvalue weighted by atomic mass is 9.78. The van der Waals surface area contributed by atoms with Crippen molar-refractivity contribution in [2.24, 2.45) is 0 Å². The molecule has 22 heavy (non-hydrogen) atoms. The maximum atomic E-state index is 4.51. The molecule has 0 saturated heterocycles. The Bertz CT molecular complexity index is 695. The van der Waals surface area contributed by atoms with Gasteiger partial charge in [0.1, 0.15) is 0 Å². The zero-order valence-corrected chi connectivity index (χ0v) is 13.4. The Morgan fingerprint density at radius 3 is 1.41 bits per heavy atom. The summed E-state index contributed by atoms with van der Waals surface area (Å²) >= 11 is 0. The normalized spacial score (nSPS) is 11.4. The molecule has 0 unspecified atom stereocenters. The van der Waals surface area contributed by atoms with Crippen molar-refractivity contribution in [3.05, 3.63) is 78.6 Å². The van der Waals surface area contributed by atoms with E-state index in [9.17, 15) is 0 Å². The summed E-state index contributed by atoms with van der Waals surface area (Å²) < 4.78 is 0. The first-order chi connectivity index (χ1) is 10.6. The summed E-state index contributed by atoms with van der Waals surface area (Å²) in [6.07, 6.45) is 3.98. The second-order valence-electron chi connectivity index (χ2n) is 6.59. The molecule has 0 aliphatic rings. The topological polar surface area (TPSA) is 12.9 Å². The monoisotopic (exact) mass is 287 g/mol. The molecule has 0 bridgehead atoms. The Morgan fingerprint density at radius 1 is 0.636 bits per heavy atom. The third-order valence-corrected chi connectivity index (χ3v) is 3.87. The Balaban J connectivity index is 2.29. The van der Waals surface area contributed by atoms with Crippen molar-refractivity contribution in [2.75, 3.05) is 0 Å². The minimum absolute atomic E-state index is 0.0410. The van der Waals surface area contributed by atoms with Gasteiger partial charge in [0.25, 0.3) is 0 Å². The van der Waals surface area contributed by atoms with E-state index in [4.69, 9.17) is 0 Å². The average molecular weight is 287 g/mol. The Labute approximate surface area is 132 Å². The van der Waals surface area contributed by atoms with Crippen LogP contribution in [0.2, 0.25) is 0 Å². The minimum atomic E-state index is 0.0410. The highest BCUT2D eigenvalue weighted by Gasteiger charge is 2.23. The molecule has 1 heterocycles. The number of hydrogen-bond donors (Lipinski definition) is 0. The molecule has 0 atom stereocenters. The molecule has 3 aromatic rings. The fraction of sp³-hybridized carbons (Fsp3) is 0.190. The number of rotatable bonds is 2. The molecule has 0 amide bonds. The third kappa shape index (κ3) is 2.80. The van der Waals surface area contributed by atoms with Crippen LogP contribution in [0.4, 0.5) is 0 Å². The van der Waals surface area contributed by atoms with Gasteiger partial charge in [-0.1, -0.05) is 81.4 Å². The summed E-state index contributed by atoms with van der Waals surface area (Å²) in [5.74, 6) is 0. The summed E-state index contributed by atoms with van der Waals surface area (Å²) in [5, 5.41) is 0. The first-order valence-corrected chi connectivity index (χ1v) is 7.67. The zero-order valence-electron chi connectivity index (χ0n) is 13.4. The predicted octanol–water partition coefficient (Wildman–Crippen LogP) is 5.71. The molecule has 1 nitrogen and oxygen atoms in total. The van der Waals surface area contributed by atoms with E-state index in [2.05, 4.69) is 86.4 Å². The van der Waals surface area contributed by atoms with Crippen LogP contribution in [-0.4, -0.2) is 4.98 Å². The first-order valence-electron chi connectivity index (χ1n) is 7.67. The van der Waals surface area contributed by atoms with Gasteiger partial charge in [0.15, 0.2) is 0 Å². The summed E-state index contributed by atoms with van der Waals surface area (Å²) in [4.78, 5) is 4.51. The van der Waals surface area contributed by atoms with Crippen LogP contribution in [0.25, 0.3) is 22.3 Å². The van der Waals surface area contributed by atoms with E-state index in [1.807, 2.05) is 12.4 Å². The molecule has 110 valence electrons. The molecule has 0 radical (unpaired) electrons. The van der Waals surface area contributed by atoms with Gasteiger partial charge in [-0.2, -0.15) is 0 Å². The van der Waals surface area contributed by atoms with Crippen molar-refractivity contribution in [2.45, 2.75) is 26.2 Å². The Hall–Kier alpha value is -2.41. The zero-order chi connectivity index (χ0) is 15.6. The molecule has 0 aliphatic carbocycles. The number of nitrogens with zero attached hydrogens (tertiary/aromatic N) is 1. The number of hydrogen-bond acceptors (Lipinski definition) is 1. The molecule has 0 fully saturated rings. The average Bonchev–Trinajstić information content (AvgIpc) is 2.55. The van der Waals surface area contributed by atoms with Gasteiger partial charge in [0, 0.05) is 23.5 Å². The molecule has 0 aliphatic heterocycles. The van der Waals surface area contributed by atoms with E-state index in [-0.39, 0.29) is 5.41 Å². The molecule has 1 heteroatoms. The van der Waals surface area contributed by atoms with E-state index in [0.717, 1.165) is 0 Å². The Kier molecular flexibility index (Phi) is 3.81. The van der Waals surface area contributed by atoms with Crippen molar-refractivity contribution in [1.82, 2.24) is 4.98 Å². The molecule has 0 spiro atoms. The van der Waals surface area contributed by atoms with Gasteiger partial charge >= 0.3 is 0 Å². The van der Waals surface area contributed by atoms with Crippen LogP contribution >= 0.6 is 0 Å². The largest absolute Gasteiger partial charge is 0.263 e. The fourth-order valence-electron chi connectivity index (χ4n) is 2.94. The SMILES string of the molecule is CC(C)(C)c1c(-c2ccccc2)cncc1-c1ccccc1. The second kappa shape index (κ2) is 5.76. The predicted molar refractivity (Wildman–Crippen MR) is 93.8 cm³/mol. The molecular weight excluding hydrogens is 266 g/mol. The van der Waals surface area contributed by atoms with Gasteiger partial charge in [-0.05, 0) is 22.1 Å². The summed E-state index contributed by atoms with van der Waals surface area (Å²) in [7, 11) is 0. The molecule has 0 saturated carbocycles. The van der Waals surface area contributed by atoms with Gasteiger partial charge < -0.3 is 0 Å². The van der Waals surface area contributed by atoms with Crippen LogP contribution in [0.3, 0.4) is 0 Å². The van der Waals surface area contributed by atoms with E-state index >= 15 is 0 Å². The highest BCUT2D eigenvalue weighted by atomic mass is 14.6. The van der Waals surface area contributed by atoms with Crippen molar-refractivity contribution in [1.29, 1.82) is 0 Å². The van der Waals surface area contributed by atoms with Crippen LogP contribution < -0.4 is 0 Å². The van der Waals surface area contributed by atoms with E-state index in [0.29, 0.717) is 0 Å². The van der Waals surface area contributed by atoms with Gasteiger partial charge in [0.05, 0.1) is 0 Å². The van der Waals surface area contributed by atoms with E-state index in [1.54, 1.807) is 0 Å². The second-order valence-corrected chi connectivity index (χ2v) is 6.59. The van der Waals surface area contributed by atoms with Gasteiger partial charge in [-0.15, -0.1) is 0 Å². The minimum Gasteiger partial charge on any atom is -0.263 e. The lowest BCUT2D eigenvalue weighted by molar-refractivity contribution is 0.593. The van der Waals surface area contributed by atoms with Crippen LogP contribution in [0.5, 0.6) is 0 Å². The van der Waals surface area contributed by atoms with E-state index < -0.39 is 0 Å². The van der Waals surface area contributed by atoms with Crippen LogP contribution in [0.15, 0.2) is 73.1 Å². The standard InChI is InChI=1S/C21H21N/c1-21(2,3)20-18(16-10-6-4-7-11-16)14-22-15-19(20)17-12-8-5-9-13-17/h4-15H,1-3H3. The molecule has 0 N–H and O–H groups in total. The summed E-state index contributed by atoms with van der Waals surface area (Å²) in [6.45, 7) is 6.80. The highest BCUT2D eigenvalue weighted by molar-refractivity contribution is 5.78. The summed E-state index contributed by atoms with van der Waals surface area (Å²) in [5.41, 5.74) is 6.26. The van der Waals surface area contributed by atoms with Gasteiger partial charge in [0.2, 0.25) is 0 Å². The lowest BCUT2D eigenvalue weighted by Gasteiger charge is -2.26. The quantitative estimate of drug-likeness (QED) is 0.588. The van der Waals surface area contributed by atoms with Crippen molar-refractivity contribution in [3.63, 3.8) is 0 Å². The third-order valence-electron chi connectivity index (χ3n) is 3.87. The van der Waals surface area contributed by atoms with Crippen LogP contribution in [0.1, 0.15) is 26.3 Å². The molecule has 1 aromatic heterocycles. The number of benzene rings is 2. The fourth-order valence-corrected chi connectivity index (χ4v) is 2.94. The van der Waals surface area contributed by atoms with Gasteiger partial charge in [-0.3, -0.25) is 4.98 Å². The lowest BCUT2D eigenvalue weighted by Crippen LogP contribution is -2.15. The molecule has 3 rings (SSSR count). The Morgan fingerprint density at radius 2 is 1.05 bits per heavy atom. The molecular formula is C21H21N. The highest BCUT2D eigenvalue weighted by Crippen LogP contribution is 2.39. The smallest absolute Gasteiger partial charge is 0.0349 e. The maximum Gasteiger partial charge on any atom is 0.0349 e. The van der Waals surface area contributed by atoms with Crippen LogP contribution in [0, 0.1) is 0 Å². The maximum absolute atomic E-state index is 4.51. The summed E-state index contributed by atoms with van der Waals surface area (Å²) in [6, 6.07) is 21.0. The van der Waals surface area contributed by atoms with E-state index in [1.165, 1.54) is 27.8 Å². The van der Waals surface area contributed by atoms with Crippen LogP contribution in [-0.2, 0) is 5.41 Å².